The van der Waals surface area contributed by atoms with Gasteiger partial charge < -0.3 is 19.7 Å². The lowest BCUT2D eigenvalue weighted by atomic mass is 10.0. The first-order valence-corrected chi connectivity index (χ1v) is 15.3. The molecule has 3 atom stereocenters. The Bertz CT molecular complexity index is 1600. The SMILES string of the molecule is O=C(O)c1cccnc1SC[C@@H]1C[C@H](c2ccc(CO)cc2)O[C@H](c2cccc(NS(=O)(=O)c3ccccc3)c2)O1. The topological polar surface area (TPSA) is 135 Å². The van der Waals surface area contributed by atoms with Gasteiger partial charge >= 0.3 is 5.97 Å². The summed E-state index contributed by atoms with van der Waals surface area (Å²) in [6.45, 7) is -0.0710. The van der Waals surface area contributed by atoms with E-state index in [0.717, 1.165) is 11.1 Å². The Labute approximate surface area is 242 Å². The van der Waals surface area contributed by atoms with Crippen LogP contribution in [0.4, 0.5) is 5.69 Å². The maximum atomic E-state index is 12.9. The highest BCUT2D eigenvalue weighted by Crippen LogP contribution is 2.40. The van der Waals surface area contributed by atoms with Gasteiger partial charge in [-0.1, -0.05) is 54.6 Å². The smallest absolute Gasteiger partial charge is 0.338 e. The number of rotatable bonds is 10. The summed E-state index contributed by atoms with van der Waals surface area (Å²) in [5, 5.41) is 19.4. The fourth-order valence-electron chi connectivity index (χ4n) is 4.43. The van der Waals surface area contributed by atoms with Gasteiger partial charge in [-0.2, -0.15) is 0 Å². The summed E-state index contributed by atoms with van der Waals surface area (Å²) in [5.74, 6) is -0.633. The van der Waals surface area contributed by atoms with Crippen molar-refractivity contribution in [2.24, 2.45) is 0 Å². The van der Waals surface area contributed by atoms with Gasteiger partial charge in [0.05, 0.1) is 29.3 Å². The molecule has 3 aromatic carbocycles. The molecule has 4 aromatic rings. The number of thioether (sulfide) groups is 1. The molecule has 41 heavy (non-hydrogen) atoms. The largest absolute Gasteiger partial charge is 0.478 e. The Balaban J connectivity index is 1.39. The fourth-order valence-corrected chi connectivity index (χ4v) is 6.50. The zero-order chi connectivity index (χ0) is 28.8. The summed E-state index contributed by atoms with van der Waals surface area (Å²) in [5.41, 5.74) is 2.78. The first-order valence-electron chi connectivity index (χ1n) is 12.8. The standard InChI is InChI=1S/C30H28N2O7S2/c33-18-20-11-13-21(14-12-20)27-17-24(19-40-28-26(29(34)35)10-5-15-31-28)38-30(39-27)22-6-4-7-23(16-22)32-41(36,37)25-8-2-1-3-9-25/h1-16,24,27,30,32-33H,17-19H2,(H,34,35)/t24-,27+,30+/m0/s1. The van der Waals surface area contributed by atoms with Crippen molar-refractivity contribution in [3.63, 3.8) is 0 Å². The maximum Gasteiger partial charge on any atom is 0.338 e. The molecule has 1 fully saturated rings. The number of aliphatic hydroxyl groups is 1. The second kappa shape index (κ2) is 12.8. The number of nitrogens with zero attached hydrogens (tertiary/aromatic N) is 1. The maximum absolute atomic E-state index is 12.9. The Morgan fingerprint density at radius 1 is 0.951 bits per heavy atom. The first kappa shape index (κ1) is 28.8. The monoisotopic (exact) mass is 592 g/mol. The Kier molecular flexibility index (Phi) is 9.01. The average molecular weight is 593 g/mol. The summed E-state index contributed by atoms with van der Waals surface area (Å²) in [4.78, 5) is 16.0. The number of hydrogen-bond acceptors (Lipinski definition) is 8. The molecule has 0 radical (unpaired) electrons. The lowest BCUT2D eigenvalue weighted by Crippen LogP contribution is -2.31. The van der Waals surface area contributed by atoms with Crippen LogP contribution in [0.15, 0.2) is 107 Å². The minimum atomic E-state index is -3.79. The number of aliphatic hydroxyl groups excluding tert-OH is 1. The van der Waals surface area contributed by atoms with Crippen LogP contribution in [0, 0.1) is 0 Å². The molecule has 0 saturated carbocycles. The quantitative estimate of drug-likeness (QED) is 0.207. The molecule has 1 aromatic heterocycles. The zero-order valence-electron chi connectivity index (χ0n) is 21.8. The van der Waals surface area contributed by atoms with Crippen molar-refractivity contribution in [1.29, 1.82) is 0 Å². The number of aromatic nitrogens is 1. The van der Waals surface area contributed by atoms with E-state index in [2.05, 4.69) is 9.71 Å². The second-order valence-corrected chi connectivity index (χ2v) is 12.1. The third kappa shape index (κ3) is 7.13. The summed E-state index contributed by atoms with van der Waals surface area (Å²) in [6, 6.07) is 25.5. The zero-order valence-corrected chi connectivity index (χ0v) is 23.4. The third-order valence-electron chi connectivity index (χ3n) is 6.49. The van der Waals surface area contributed by atoms with Gasteiger partial charge in [0.25, 0.3) is 10.0 Å². The van der Waals surface area contributed by atoms with Gasteiger partial charge in [0.2, 0.25) is 0 Å². The van der Waals surface area contributed by atoms with E-state index < -0.39 is 22.3 Å². The molecule has 1 aliphatic heterocycles. The molecule has 9 nitrogen and oxygen atoms in total. The molecule has 212 valence electrons. The van der Waals surface area contributed by atoms with Crippen LogP contribution in [0.3, 0.4) is 0 Å². The van der Waals surface area contributed by atoms with E-state index in [4.69, 9.17) is 9.47 Å². The number of carboxylic acid groups (broad SMARTS) is 1. The molecule has 0 aliphatic carbocycles. The molecule has 0 bridgehead atoms. The molecule has 0 unspecified atom stereocenters. The molecule has 11 heteroatoms. The second-order valence-electron chi connectivity index (χ2n) is 9.37. The van der Waals surface area contributed by atoms with Crippen LogP contribution in [0.2, 0.25) is 0 Å². The number of hydrogen-bond donors (Lipinski definition) is 3. The highest BCUT2D eigenvalue weighted by molar-refractivity contribution is 7.99. The summed E-state index contributed by atoms with van der Waals surface area (Å²) >= 11 is 1.29. The van der Waals surface area contributed by atoms with E-state index in [9.17, 15) is 23.4 Å². The van der Waals surface area contributed by atoms with Gasteiger partial charge in [0, 0.05) is 29.6 Å². The molecular formula is C30H28N2O7S2. The molecule has 0 amide bonds. The molecule has 0 spiro atoms. The Hall–Kier alpha value is -3.74. The molecule has 5 rings (SSSR count). The molecular weight excluding hydrogens is 564 g/mol. The number of benzene rings is 3. The van der Waals surface area contributed by atoms with E-state index in [-0.39, 0.29) is 29.3 Å². The highest BCUT2D eigenvalue weighted by Gasteiger charge is 2.33. The minimum Gasteiger partial charge on any atom is -0.478 e. The van der Waals surface area contributed by atoms with Crippen LogP contribution in [-0.2, 0) is 26.1 Å². The lowest BCUT2D eigenvalue weighted by Gasteiger charge is -2.36. The first-order chi connectivity index (χ1) is 19.8. The highest BCUT2D eigenvalue weighted by atomic mass is 32.2. The van der Waals surface area contributed by atoms with Crippen LogP contribution in [0.5, 0.6) is 0 Å². The van der Waals surface area contributed by atoms with E-state index in [1.807, 2.05) is 24.3 Å². The van der Waals surface area contributed by atoms with Crippen molar-refractivity contribution in [3.05, 3.63) is 119 Å². The van der Waals surface area contributed by atoms with Gasteiger partial charge in [-0.05, 0) is 47.5 Å². The van der Waals surface area contributed by atoms with Crippen molar-refractivity contribution >= 4 is 33.4 Å². The van der Waals surface area contributed by atoms with Crippen LogP contribution in [-0.4, -0.2) is 41.4 Å². The number of pyridine rings is 1. The van der Waals surface area contributed by atoms with Gasteiger partial charge in [-0.25, -0.2) is 18.2 Å². The van der Waals surface area contributed by atoms with Gasteiger partial charge in [-0.15, -0.1) is 11.8 Å². The lowest BCUT2D eigenvalue weighted by molar-refractivity contribution is -0.245. The van der Waals surface area contributed by atoms with Gasteiger partial charge in [-0.3, -0.25) is 4.72 Å². The van der Waals surface area contributed by atoms with E-state index in [1.54, 1.807) is 54.7 Å². The summed E-state index contributed by atoms with van der Waals surface area (Å²) < 4.78 is 41.1. The van der Waals surface area contributed by atoms with Crippen molar-refractivity contribution < 1.29 is 32.9 Å². The normalized spacial score (nSPS) is 19.0. The van der Waals surface area contributed by atoms with Crippen molar-refractivity contribution in [3.8, 4) is 0 Å². The van der Waals surface area contributed by atoms with Gasteiger partial charge in [0.15, 0.2) is 6.29 Å². The van der Waals surface area contributed by atoms with Gasteiger partial charge in [0.1, 0.15) is 5.03 Å². The van der Waals surface area contributed by atoms with Crippen LogP contribution < -0.4 is 4.72 Å². The molecule has 3 N–H and O–H groups in total. The summed E-state index contributed by atoms with van der Waals surface area (Å²) in [7, 11) is -3.79. The number of carbonyl (C=O) groups is 1. The predicted molar refractivity (Wildman–Crippen MR) is 154 cm³/mol. The fraction of sp³-hybridized carbons (Fsp3) is 0.200. The number of anilines is 1. The number of carboxylic acids is 1. The molecule has 2 heterocycles. The number of nitrogens with one attached hydrogen (secondary N) is 1. The third-order valence-corrected chi connectivity index (χ3v) is 9.02. The number of aromatic carboxylic acids is 1. The summed E-state index contributed by atoms with van der Waals surface area (Å²) in [6.07, 6.45) is 0.530. The minimum absolute atomic E-state index is 0.0710. The molecule has 1 aliphatic rings. The van der Waals surface area contributed by atoms with Crippen LogP contribution in [0.25, 0.3) is 0 Å². The van der Waals surface area contributed by atoms with Crippen LogP contribution in [0.1, 0.15) is 45.9 Å². The number of ether oxygens (including phenoxy) is 2. The Morgan fingerprint density at radius 2 is 1.73 bits per heavy atom. The van der Waals surface area contributed by atoms with Crippen molar-refractivity contribution in [2.45, 2.75) is 41.4 Å². The van der Waals surface area contributed by atoms with Crippen molar-refractivity contribution in [2.75, 3.05) is 10.5 Å². The average Bonchev–Trinajstić information content (AvgIpc) is 3.00. The van der Waals surface area contributed by atoms with Crippen LogP contribution >= 0.6 is 11.8 Å². The van der Waals surface area contributed by atoms with E-state index in [0.29, 0.717) is 28.5 Å². The van der Waals surface area contributed by atoms with E-state index in [1.165, 1.54) is 30.0 Å². The predicted octanol–water partition coefficient (Wildman–Crippen LogP) is 5.41. The Morgan fingerprint density at radius 3 is 2.46 bits per heavy atom. The van der Waals surface area contributed by atoms with E-state index >= 15 is 0 Å². The van der Waals surface area contributed by atoms with Crippen molar-refractivity contribution in [1.82, 2.24) is 4.98 Å². The molecule has 1 saturated heterocycles. The number of sulfonamides is 1.